The van der Waals surface area contributed by atoms with Gasteiger partial charge in [-0.1, -0.05) is 13.8 Å². The number of carbonyl (C=O) groups excluding carboxylic acids is 1. The molecule has 0 bridgehead atoms. The number of fused-ring (bicyclic) bond motifs is 1. The number of ether oxygens (including phenoxy) is 1. The Labute approximate surface area is 121 Å². The molecule has 1 saturated heterocycles. The zero-order valence-electron chi connectivity index (χ0n) is 11.7. The molecular formula is C14H25ClN2O2. The second-order valence-electron chi connectivity index (χ2n) is 6.82. The van der Waals surface area contributed by atoms with Gasteiger partial charge in [-0.05, 0) is 25.7 Å². The molecule has 1 heterocycles. The van der Waals surface area contributed by atoms with Crippen molar-refractivity contribution in [2.45, 2.75) is 57.7 Å². The van der Waals surface area contributed by atoms with E-state index in [2.05, 4.69) is 19.2 Å². The highest BCUT2D eigenvalue weighted by atomic mass is 35.5. The second kappa shape index (κ2) is 5.23. The summed E-state index contributed by atoms with van der Waals surface area (Å²) in [7, 11) is 0. The van der Waals surface area contributed by atoms with Gasteiger partial charge >= 0.3 is 0 Å². The first kappa shape index (κ1) is 15.1. The molecule has 3 rings (SSSR count). The van der Waals surface area contributed by atoms with E-state index < -0.39 is 0 Å². The van der Waals surface area contributed by atoms with Gasteiger partial charge in [-0.3, -0.25) is 4.79 Å². The van der Waals surface area contributed by atoms with Crippen molar-refractivity contribution < 1.29 is 9.53 Å². The van der Waals surface area contributed by atoms with Crippen LogP contribution in [0.25, 0.3) is 0 Å². The molecule has 0 radical (unpaired) electrons. The maximum absolute atomic E-state index is 12.3. The van der Waals surface area contributed by atoms with Crippen molar-refractivity contribution in [1.29, 1.82) is 0 Å². The van der Waals surface area contributed by atoms with Crippen LogP contribution in [-0.2, 0) is 9.53 Å². The topological polar surface area (TPSA) is 64.4 Å². The van der Waals surface area contributed by atoms with E-state index in [0.717, 1.165) is 32.3 Å². The third kappa shape index (κ3) is 2.39. The predicted molar refractivity (Wildman–Crippen MR) is 76.1 cm³/mol. The maximum atomic E-state index is 12.3. The molecular weight excluding hydrogens is 264 g/mol. The minimum absolute atomic E-state index is 0. The summed E-state index contributed by atoms with van der Waals surface area (Å²) >= 11 is 0. The molecule has 110 valence electrons. The number of carbonyl (C=O) groups is 1. The molecule has 5 unspecified atom stereocenters. The van der Waals surface area contributed by atoms with Crippen LogP contribution < -0.4 is 11.1 Å². The molecule has 0 spiro atoms. The van der Waals surface area contributed by atoms with Crippen LogP contribution >= 0.6 is 12.4 Å². The highest BCUT2D eigenvalue weighted by Gasteiger charge is 2.60. The summed E-state index contributed by atoms with van der Waals surface area (Å²) < 4.78 is 5.75. The van der Waals surface area contributed by atoms with Crippen molar-refractivity contribution in [1.82, 2.24) is 5.32 Å². The summed E-state index contributed by atoms with van der Waals surface area (Å²) in [5, 5.41) is 3.27. The van der Waals surface area contributed by atoms with E-state index in [1.165, 1.54) is 0 Å². The van der Waals surface area contributed by atoms with Crippen molar-refractivity contribution in [3.63, 3.8) is 0 Å². The fraction of sp³-hybridized carbons (Fsp3) is 0.929. The summed E-state index contributed by atoms with van der Waals surface area (Å²) in [5.74, 6) is 0.877. The van der Waals surface area contributed by atoms with Crippen LogP contribution in [0, 0.1) is 17.3 Å². The van der Waals surface area contributed by atoms with Crippen molar-refractivity contribution >= 4 is 18.3 Å². The van der Waals surface area contributed by atoms with Gasteiger partial charge in [0.25, 0.3) is 0 Å². The maximum Gasteiger partial charge on any atom is 0.223 e. The van der Waals surface area contributed by atoms with Gasteiger partial charge in [-0.15, -0.1) is 12.4 Å². The summed E-state index contributed by atoms with van der Waals surface area (Å²) in [5.41, 5.74) is 5.96. The highest BCUT2D eigenvalue weighted by molar-refractivity contribution is 5.85. The van der Waals surface area contributed by atoms with Crippen molar-refractivity contribution in [3.05, 3.63) is 0 Å². The lowest BCUT2D eigenvalue weighted by atomic mass is 9.57. The van der Waals surface area contributed by atoms with Gasteiger partial charge in [0.15, 0.2) is 0 Å². The molecule has 2 aliphatic carbocycles. The molecule has 1 aliphatic heterocycles. The monoisotopic (exact) mass is 288 g/mol. The number of hydrogen-bond acceptors (Lipinski definition) is 3. The van der Waals surface area contributed by atoms with E-state index in [9.17, 15) is 4.79 Å². The van der Waals surface area contributed by atoms with Crippen LogP contribution in [0.3, 0.4) is 0 Å². The highest BCUT2D eigenvalue weighted by Crippen LogP contribution is 2.52. The lowest BCUT2D eigenvalue weighted by Crippen LogP contribution is -2.67. The zero-order chi connectivity index (χ0) is 12.9. The average Bonchev–Trinajstić information content (AvgIpc) is 2.92. The fourth-order valence-corrected chi connectivity index (χ4v) is 4.14. The summed E-state index contributed by atoms with van der Waals surface area (Å²) in [4.78, 5) is 12.3. The number of hydrogen-bond donors (Lipinski definition) is 2. The first-order valence-electron chi connectivity index (χ1n) is 7.17. The Hall–Kier alpha value is -0.320. The van der Waals surface area contributed by atoms with E-state index in [1.54, 1.807) is 0 Å². The molecule has 4 nitrogen and oxygen atoms in total. The minimum Gasteiger partial charge on any atom is -0.377 e. The lowest BCUT2D eigenvalue weighted by molar-refractivity contribution is -0.140. The van der Waals surface area contributed by atoms with E-state index in [1.807, 2.05) is 0 Å². The Kier molecular flexibility index (Phi) is 4.15. The van der Waals surface area contributed by atoms with Crippen LogP contribution in [0.4, 0.5) is 0 Å². The van der Waals surface area contributed by atoms with E-state index in [4.69, 9.17) is 10.5 Å². The molecule has 3 fully saturated rings. The van der Waals surface area contributed by atoms with E-state index >= 15 is 0 Å². The summed E-state index contributed by atoms with van der Waals surface area (Å²) in [6.45, 7) is 5.25. The number of nitrogens with two attached hydrogens (primary N) is 1. The normalized spacial score (nSPS) is 43.0. The third-order valence-electron chi connectivity index (χ3n) is 5.24. The first-order valence-corrected chi connectivity index (χ1v) is 7.17. The average molecular weight is 289 g/mol. The van der Waals surface area contributed by atoms with E-state index in [0.29, 0.717) is 12.0 Å². The Morgan fingerprint density at radius 2 is 2.05 bits per heavy atom. The van der Waals surface area contributed by atoms with Crippen LogP contribution in [-0.4, -0.2) is 30.7 Å². The molecule has 0 aromatic carbocycles. The number of rotatable bonds is 2. The van der Waals surface area contributed by atoms with Gasteiger partial charge in [0, 0.05) is 35.9 Å². The quantitative estimate of drug-likeness (QED) is 0.809. The van der Waals surface area contributed by atoms with E-state index in [-0.39, 0.29) is 41.7 Å². The summed E-state index contributed by atoms with van der Waals surface area (Å²) in [6.07, 6.45) is 4.22. The molecule has 5 atom stereocenters. The van der Waals surface area contributed by atoms with Gasteiger partial charge in [0.1, 0.15) is 0 Å². The SMILES string of the molecule is CC1(C)C(NC(=O)C2CCC(N)C2)C2CCOC21.Cl. The Morgan fingerprint density at radius 1 is 1.32 bits per heavy atom. The van der Waals surface area contributed by atoms with Gasteiger partial charge in [-0.2, -0.15) is 0 Å². The molecule has 5 heteroatoms. The minimum atomic E-state index is 0. The predicted octanol–water partition coefficient (Wildman–Crippen LogP) is 1.47. The van der Waals surface area contributed by atoms with Crippen LogP contribution in [0.15, 0.2) is 0 Å². The molecule has 3 N–H and O–H groups in total. The smallest absolute Gasteiger partial charge is 0.223 e. The first-order chi connectivity index (χ1) is 8.50. The van der Waals surface area contributed by atoms with Crippen molar-refractivity contribution in [3.8, 4) is 0 Å². The fourth-order valence-electron chi connectivity index (χ4n) is 4.14. The number of halogens is 1. The van der Waals surface area contributed by atoms with Crippen LogP contribution in [0.2, 0.25) is 0 Å². The van der Waals surface area contributed by atoms with Crippen LogP contribution in [0.5, 0.6) is 0 Å². The number of amides is 1. The van der Waals surface area contributed by atoms with Gasteiger partial charge in [0.05, 0.1) is 6.10 Å². The largest absolute Gasteiger partial charge is 0.377 e. The van der Waals surface area contributed by atoms with Gasteiger partial charge < -0.3 is 15.8 Å². The third-order valence-corrected chi connectivity index (χ3v) is 5.24. The molecule has 0 aromatic rings. The Bertz CT molecular complexity index is 361. The lowest BCUT2D eigenvalue weighted by Gasteiger charge is -2.54. The molecule has 0 aromatic heterocycles. The molecule has 2 saturated carbocycles. The summed E-state index contributed by atoms with van der Waals surface area (Å²) in [6, 6.07) is 0.507. The Morgan fingerprint density at radius 3 is 2.68 bits per heavy atom. The molecule has 1 amide bonds. The van der Waals surface area contributed by atoms with Crippen LogP contribution in [0.1, 0.15) is 39.5 Å². The second-order valence-corrected chi connectivity index (χ2v) is 6.82. The Balaban J connectivity index is 0.00000133. The van der Waals surface area contributed by atoms with Gasteiger partial charge in [0.2, 0.25) is 5.91 Å². The van der Waals surface area contributed by atoms with Crippen molar-refractivity contribution in [2.75, 3.05) is 6.61 Å². The molecule has 19 heavy (non-hydrogen) atoms. The van der Waals surface area contributed by atoms with Crippen molar-refractivity contribution in [2.24, 2.45) is 23.0 Å². The number of nitrogens with one attached hydrogen (secondary N) is 1. The zero-order valence-corrected chi connectivity index (χ0v) is 12.5. The standard InChI is InChI=1S/C14H24N2O2.ClH/c1-14(2)11(10-5-6-18-12(10)14)16-13(17)8-3-4-9(15)7-8;/h8-12H,3-7,15H2,1-2H3,(H,16,17);1H. The molecule has 3 aliphatic rings. The van der Waals surface area contributed by atoms with Gasteiger partial charge in [-0.25, -0.2) is 0 Å².